The molecule has 2 rings (SSSR count). The van der Waals surface area contributed by atoms with Crippen molar-refractivity contribution in [3.8, 4) is 0 Å². The number of rotatable bonds is 6. The second-order valence-corrected chi connectivity index (χ2v) is 4.88. The number of anilines is 1. The standard InChI is InChI=1S/C16H19N3O3/c1-12-11-18-19(16(21)14(12)10-15(20)22-2)9-8-17-13-6-4-3-5-7-13/h3-7,11,17H,8-10H2,1-2H3. The van der Waals surface area contributed by atoms with Crippen LogP contribution in [0.4, 0.5) is 5.69 Å². The Morgan fingerprint density at radius 3 is 2.73 bits per heavy atom. The van der Waals surface area contributed by atoms with E-state index in [1.165, 1.54) is 11.8 Å². The van der Waals surface area contributed by atoms with Crippen LogP contribution in [0.25, 0.3) is 0 Å². The Labute approximate surface area is 128 Å². The van der Waals surface area contributed by atoms with Crippen molar-refractivity contribution in [1.29, 1.82) is 0 Å². The number of carbonyl (C=O) groups excluding carboxylic acids is 1. The van der Waals surface area contributed by atoms with Crippen LogP contribution in [0.15, 0.2) is 41.3 Å². The number of esters is 1. The lowest BCUT2D eigenvalue weighted by Crippen LogP contribution is -2.30. The minimum Gasteiger partial charge on any atom is -0.469 e. The highest BCUT2D eigenvalue weighted by atomic mass is 16.5. The Kier molecular flexibility index (Phi) is 5.30. The lowest BCUT2D eigenvalue weighted by molar-refractivity contribution is -0.139. The molecule has 1 N–H and O–H groups in total. The van der Waals surface area contributed by atoms with Crippen LogP contribution in [0.2, 0.25) is 0 Å². The normalized spacial score (nSPS) is 10.3. The average Bonchev–Trinajstić information content (AvgIpc) is 2.54. The predicted octanol–water partition coefficient (Wildman–Crippen LogP) is 1.38. The van der Waals surface area contributed by atoms with E-state index in [2.05, 4.69) is 15.2 Å². The number of para-hydroxylation sites is 1. The maximum Gasteiger partial charge on any atom is 0.310 e. The summed E-state index contributed by atoms with van der Waals surface area (Å²) in [6.45, 7) is 2.75. The first kappa shape index (κ1) is 15.8. The minimum atomic E-state index is -0.430. The highest BCUT2D eigenvalue weighted by Crippen LogP contribution is 2.05. The van der Waals surface area contributed by atoms with Crippen LogP contribution in [0.1, 0.15) is 11.1 Å². The van der Waals surface area contributed by atoms with Gasteiger partial charge in [0.2, 0.25) is 0 Å². The molecule has 0 fully saturated rings. The van der Waals surface area contributed by atoms with E-state index in [4.69, 9.17) is 0 Å². The molecule has 22 heavy (non-hydrogen) atoms. The van der Waals surface area contributed by atoms with Gasteiger partial charge in [0, 0.05) is 17.8 Å². The van der Waals surface area contributed by atoms with Crippen LogP contribution in [-0.2, 0) is 22.5 Å². The average molecular weight is 301 g/mol. The van der Waals surface area contributed by atoms with Gasteiger partial charge in [-0.05, 0) is 24.6 Å². The van der Waals surface area contributed by atoms with Crippen LogP contribution in [-0.4, -0.2) is 29.4 Å². The van der Waals surface area contributed by atoms with Crippen molar-refractivity contribution in [3.63, 3.8) is 0 Å². The van der Waals surface area contributed by atoms with Crippen molar-refractivity contribution >= 4 is 11.7 Å². The van der Waals surface area contributed by atoms with Gasteiger partial charge >= 0.3 is 5.97 Å². The summed E-state index contributed by atoms with van der Waals surface area (Å²) in [5.74, 6) is -0.430. The van der Waals surface area contributed by atoms with E-state index in [9.17, 15) is 9.59 Å². The third kappa shape index (κ3) is 3.94. The summed E-state index contributed by atoms with van der Waals surface area (Å²) in [5.41, 5.74) is 1.86. The van der Waals surface area contributed by atoms with Gasteiger partial charge in [0.25, 0.3) is 5.56 Å². The van der Waals surface area contributed by atoms with Crippen LogP contribution in [0.5, 0.6) is 0 Å². The molecule has 0 saturated carbocycles. The van der Waals surface area contributed by atoms with E-state index in [-0.39, 0.29) is 12.0 Å². The molecule has 0 aliphatic heterocycles. The number of hydrogen-bond acceptors (Lipinski definition) is 5. The van der Waals surface area contributed by atoms with Gasteiger partial charge in [-0.2, -0.15) is 5.10 Å². The summed E-state index contributed by atoms with van der Waals surface area (Å²) in [6.07, 6.45) is 1.57. The zero-order valence-electron chi connectivity index (χ0n) is 12.7. The number of benzene rings is 1. The summed E-state index contributed by atoms with van der Waals surface area (Å²) >= 11 is 0. The first-order valence-corrected chi connectivity index (χ1v) is 7.03. The number of carbonyl (C=O) groups is 1. The highest BCUT2D eigenvalue weighted by Gasteiger charge is 2.12. The van der Waals surface area contributed by atoms with E-state index in [1.54, 1.807) is 13.1 Å². The molecule has 6 nitrogen and oxygen atoms in total. The molecule has 116 valence electrons. The van der Waals surface area contributed by atoms with Gasteiger partial charge < -0.3 is 10.1 Å². The van der Waals surface area contributed by atoms with E-state index in [0.717, 1.165) is 5.69 Å². The molecule has 0 amide bonds. The maximum atomic E-state index is 12.3. The Hall–Kier alpha value is -2.63. The molecule has 0 aliphatic carbocycles. The Balaban J connectivity index is 2.07. The van der Waals surface area contributed by atoms with Gasteiger partial charge in [0.1, 0.15) is 0 Å². The van der Waals surface area contributed by atoms with E-state index in [0.29, 0.717) is 24.2 Å². The third-order valence-corrected chi connectivity index (χ3v) is 3.33. The molecule has 1 aromatic heterocycles. The third-order valence-electron chi connectivity index (χ3n) is 3.33. The monoisotopic (exact) mass is 301 g/mol. The number of aryl methyl sites for hydroxylation is 1. The molecular weight excluding hydrogens is 282 g/mol. The van der Waals surface area contributed by atoms with E-state index < -0.39 is 5.97 Å². The largest absolute Gasteiger partial charge is 0.469 e. The number of aromatic nitrogens is 2. The maximum absolute atomic E-state index is 12.3. The second kappa shape index (κ2) is 7.40. The molecule has 0 spiro atoms. The van der Waals surface area contributed by atoms with E-state index >= 15 is 0 Å². The molecule has 2 aromatic rings. The van der Waals surface area contributed by atoms with Crippen molar-refractivity contribution < 1.29 is 9.53 Å². The van der Waals surface area contributed by atoms with Crippen molar-refractivity contribution in [2.75, 3.05) is 19.0 Å². The Morgan fingerprint density at radius 2 is 2.05 bits per heavy atom. The molecule has 6 heteroatoms. The molecule has 0 radical (unpaired) electrons. The zero-order chi connectivity index (χ0) is 15.9. The fourth-order valence-electron chi connectivity index (χ4n) is 2.06. The van der Waals surface area contributed by atoms with Crippen molar-refractivity contribution in [2.45, 2.75) is 19.9 Å². The first-order chi connectivity index (χ1) is 10.6. The minimum absolute atomic E-state index is 0.0319. The van der Waals surface area contributed by atoms with Gasteiger partial charge in [0.15, 0.2) is 0 Å². The van der Waals surface area contributed by atoms with Crippen LogP contribution in [0.3, 0.4) is 0 Å². The fourth-order valence-corrected chi connectivity index (χ4v) is 2.06. The van der Waals surface area contributed by atoms with Crippen molar-refractivity contribution in [3.05, 3.63) is 58.0 Å². The number of hydrogen-bond donors (Lipinski definition) is 1. The van der Waals surface area contributed by atoms with Crippen LogP contribution < -0.4 is 10.9 Å². The van der Waals surface area contributed by atoms with Gasteiger partial charge in [-0.3, -0.25) is 9.59 Å². The van der Waals surface area contributed by atoms with Gasteiger partial charge in [0.05, 0.1) is 26.3 Å². The van der Waals surface area contributed by atoms with Crippen LogP contribution >= 0.6 is 0 Å². The molecule has 0 aliphatic rings. The number of methoxy groups -OCH3 is 1. The number of nitrogens with zero attached hydrogens (tertiary/aromatic N) is 2. The van der Waals surface area contributed by atoms with Gasteiger partial charge in [-0.25, -0.2) is 4.68 Å². The number of nitrogens with one attached hydrogen (secondary N) is 1. The van der Waals surface area contributed by atoms with Crippen molar-refractivity contribution in [1.82, 2.24) is 9.78 Å². The molecule has 0 saturated heterocycles. The SMILES string of the molecule is COC(=O)Cc1c(C)cnn(CCNc2ccccc2)c1=O. The number of ether oxygens (including phenoxy) is 1. The quantitative estimate of drug-likeness (QED) is 0.816. The molecular formula is C16H19N3O3. The molecule has 1 aromatic carbocycles. The summed E-state index contributed by atoms with van der Waals surface area (Å²) in [5, 5.41) is 7.33. The smallest absolute Gasteiger partial charge is 0.310 e. The second-order valence-electron chi connectivity index (χ2n) is 4.88. The Morgan fingerprint density at radius 1 is 1.32 bits per heavy atom. The predicted molar refractivity (Wildman–Crippen MR) is 83.9 cm³/mol. The lowest BCUT2D eigenvalue weighted by atomic mass is 10.1. The van der Waals surface area contributed by atoms with Crippen molar-refractivity contribution in [2.24, 2.45) is 0 Å². The summed E-state index contributed by atoms with van der Waals surface area (Å²) < 4.78 is 5.99. The fraction of sp³-hybridized carbons (Fsp3) is 0.312. The summed E-state index contributed by atoms with van der Waals surface area (Å²) in [6, 6.07) is 9.72. The molecule has 0 unspecified atom stereocenters. The Bertz CT molecular complexity index is 696. The summed E-state index contributed by atoms with van der Waals surface area (Å²) in [4.78, 5) is 23.7. The molecule has 0 atom stereocenters. The molecule has 0 bridgehead atoms. The topological polar surface area (TPSA) is 73.2 Å². The molecule has 1 heterocycles. The van der Waals surface area contributed by atoms with Gasteiger partial charge in [-0.15, -0.1) is 0 Å². The first-order valence-electron chi connectivity index (χ1n) is 7.03. The van der Waals surface area contributed by atoms with Gasteiger partial charge in [-0.1, -0.05) is 18.2 Å². The zero-order valence-corrected chi connectivity index (χ0v) is 12.7. The summed E-state index contributed by atoms with van der Waals surface area (Å²) in [7, 11) is 1.31. The van der Waals surface area contributed by atoms with E-state index in [1.807, 2.05) is 30.3 Å². The highest BCUT2D eigenvalue weighted by molar-refractivity contribution is 5.72. The van der Waals surface area contributed by atoms with Crippen LogP contribution in [0, 0.1) is 6.92 Å². The lowest BCUT2D eigenvalue weighted by Gasteiger charge is -2.10.